The first kappa shape index (κ1) is 12.6. The quantitative estimate of drug-likeness (QED) is 0.643. The Kier molecular flexibility index (Phi) is 3.61. The van der Waals surface area contributed by atoms with Crippen molar-refractivity contribution in [1.82, 2.24) is 9.78 Å². The van der Waals surface area contributed by atoms with Gasteiger partial charge in [-0.25, -0.2) is 0 Å². The van der Waals surface area contributed by atoms with E-state index in [1.165, 1.54) is 18.0 Å². The topological polar surface area (TPSA) is 70.2 Å². The minimum Gasteiger partial charge on any atom is -0.475 e. The summed E-state index contributed by atoms with van der Waals surface area (Å²) in [5.41, 5.74) is 0.868. The van der Waals surface area contributed by atoms with Gasteiger partial charge in [-0.3, -0.25) is 14.8 Å². The van der Waals surface area contributed by atoms with Crippen LogP contribution in [0.4, 0.5) is 5.69 Å². The average Bonchev–Trinajstić information content (AvgIpc) is 2.75. The fourth-order valence-electron chi connectivity index (χ4n) is 1.52. The predicted octanol–water partition coefficient (Wildman–Crippen LogP) is 2.61. The second kappa shape index (κ2) is 5.18. The van der Waals surface area contributed by atoms with Gasteiger partial charge in [-0.2, -0.15) is 0 Å². The van der Waals surface area contributed by atoms with E-state index in [0.29, 0.717) is 6.54 Å². The van der Waals surface area contributed by atoms with Gasteiger partial charge in [0.05, 0.1) is 18.6 Å². The number of methoxy groups -OCH3 is 1. The number of hydrogen-bond donors (Lipinski definition) is 0. The molecular formula is C11H10BrN3O3. The van der Waals surface area contributed by atoms with E-state index in [1.54, 1.807) is 0 Å². The highest BCUT2D eigenvalue weighted by Gasteiger charge is 2.19. The zero-order valence-electron chi connectivity index (χ0n) is 9.54. The van der Waals surface area contributed by atoms with Gasteiger partial charge in [0.1, 0.15) is 6.20 Å². The lowest BCUT2D eigenvalue weighted by molar-refractivity contribution is -0.385. The van der Waals surface area contributed by atoms with Crippen molar-refractivity contribution in [2.45, 2.75) is 6.54 Å². The van der Waals surface area contributed by atoms with Crippen molar-refractivity contribution < 1.29 is 9.66 Å². The molecule has 0 unspecified atom stereocenters. The first-order valence-corrected chi connectivity index (χ1v) is 5.89. The number of halogens is 1. The minimum atomic E-state index is -0.510. The Morgan fingerprint density at radius 3 is 2.61 bits per heavy atom. The second-order valence-electron chi connectivity index (χ2n) is 3.60. The highest BCUT2D eigenvalue weighted by molar-refractivity contribution is 9.10. The van der Waals surface area contributed by atoms with Crippen LogP contribution in [0, 0.1) is 10.1 Å². The monoisotopic (exact) mass is 311 g/mol. The van der Waals surface area contributed by atoms with E-state index in [4.69, 9.17) is 4.74 Å². The summed E-state index contributed by atoms with van der Waals surface area (Å²) >= 11 is 3.35. The molecule has 2 aromatic rings. The molecule has 18 heavy (non-hydrogen) atoms. The lowest BCUT2D eigenvalue weighted by atomic mass is 10.2. The van der Waals surface area contributed by atoms with Gasteiger partial charge in [-0.05, 0) is 17.7 Å². The van der Waals surface area contributed by atoms with Crippen LogP contribution in [0.15, 0.2) is 34.9 Å². The molecule has 0 spiro atoms. The van der Waals surface area contributed by atoms with Gasteiger partial charge in [0.15, 0.2) is 0 Å². The summed E-state index contributed by atoms with van der Waals surface area (Å²) in [6.45, 7) is 0.456. The highest BCUT2D eigenvalue weighted by Crippen LogP contribution is 2.24. The molecule has 0 aliphatic heterocycles. The molecule has 0 bridgehead atoms. The molecule has 0 saturated carbocycles. The van der Waals surface area contributed by atoms with Gasteiger partial charge in [0.2, 0.25) is 0 Å². The molecule has 0 amide bonds. The number of nitrogens with zero attached hydrogens (tertiary/aromatic N) is 3. The normalized spacial score (nSPS) is 10.3. The zero-order chi connectivity index (χ0) is 13.1. The smallest absolute Gasteiger partial charge is 0.350 e. The first-order valence-electron chi connectivity index (χ1n) is 5.10. The molecule has 0 atom stereocenters. The molecule has 0 aliphatic rings. The van der Waals surface area contributed by atoms with Crippen LogP contribution in [-0.4, -0.2) is 21.8 Å². The van der Waals surface area contributed by atoms with Crippen molar-refractivity contribution >= 4 is 21.6 Å². The molecule has 1 heterocycles. The molecule has 0 radical (unpaired) electrons. The second-order valence-corrected chi connectivity index (χ2v) is 4.52. The number of hydrogen-bond acceptors (Lipinski definition) is 4. The lowest BCUT2D eigenvalue weighted by Gasteiger charge is -2.00. The van der Waals surface area contributed by atoms with Crippen molar-refractivity contribution in [3.05, 3.63) is 50.6 Å². The summed E-state index contributed by atoms with van der Waals surface area (Å²) in [6.07, 6.45) is 1.36. The Hall–Kier alpha value is -1.89. The molecule has 6 nitrogen and oxygen atoms in total. The van der Waals surface area contributed by atoms with Gasteiger partial charge >= 0.3 is 11.6 Å². The molecule has 7 heteroatoms. The Labute approximate surface area is 111 Å². The van der Waals surface area contributed by atoms with E-state index in [2.05, 4.69) is 21.0 Å². The summed E-state index contributed by atoms with van der Waals surface area (Å²) in [5.74, 6) is 0.0251. The largest absolute Gasteiger partial charge is 0.475 e. The third kappa shape index (κ3) is 2.67. The van der Waals surface area contributed by atoms with E-state index >= 15 is 0 Å². The molecule has 1 aromatic carbocycles. The van der Waals surface area contributed by atoms with Crippen LogP contribution in [0.2, 0.25) is 0 Å². The van der Waals surface area contributed by atoms with E-state index in [0.717, 1.165) is 10.0 Å². The predicted molar refractivity (Wildman–Crippen MR) is 68.7 cm³/mol. The van der Waals surface area contributed by atoms with Crippen molar-refractivity contribution in [1.29, 1.82) is 0 Å². The maximum Gasteiger partial charge on any atom is 0.350 e. The molecule has 94 valence electrons. The average molecular weight is 312 g/mol. The summed E-state index contributed by atoms with van der Waals surface area (Å²) in [4.78, 5) is 10.2. The third-order valence-corrected chi connectivity index (χ3v) is 2.89. The molecular weight excluding hydrogens is 302 g/mol. The summed E-state index contributed by atoms with van der Waals surface area (Å²) in [7, 11) is 1.36. The summed E-state index contributed by atoms with van der Waals surface area (Å²) in [6, 6.07) is 7.66. The van der Waals surface area contributed by atoms with E-state index < -0.39 is 4.92 Å². The van der Waals surface area contributed by atoms with Crippen molar-refractivity contribution in [3.8, 4) is 5.88 Å². The van der Waals surface area contributed by atoms with Gasteiger partial charge in [0.25, 0.3) is 0 Å². The SMILES string of the molecule is COc1nn(Cc2ccc(Br)cc2)cc1[N+](=O)[O-]. The van der Waals surface area contributed by atoms with Crippen LogP contribution in [0.3, 0.4) is 0 Å². The first-order chi connectivity index (χ1) is 8.60. The molecule has 0 N–H and O–H groups in total. The van der Waals surface area contributed by atoms with Crippen molar-refractivity contribution in [2.75, 3.05) is 7.11 Å². The number of aromatic nitrogens is 2. The molecule has 2 rings (SSSR count). The van der Waals surface area contributed by atoms with E-state index in [1.807, 2.05) is 24.3 Å². The van der Waals surface area contributed by atoms with Gasteiger partial charge in [0, 0.05) is 4.47 Å². The Morgan fingerprint density at radius 2 is 2.11 bits per heavy atom. The summed E-state index contributed by atoms with van der Waals surface area (Å²) < 4.78 is 7.33. The number of ether oxygens (including phenoxy) is 1. The van der Waals surface area contributed by atoms with Gasteiger partial charge < -0.3 is 4.74 Å². The maximum absolute atomic E-state index is 10.8. The van der Waals surface area contributed by atoms with E-state index in [-0.39, 0.29) is 11.6 Å². The highest BCUT2D eigenvalue weighted by atomic mass is 79.9. The molecule has 1 aromatic heterocycles. The number of benzene rings is 1. The fraction of sp³-hybridized carbons (Fsp3) is 0.182. The molecule has 0 saturated heterocycles. The van der Waals surface area contributed by atoms with Gasteiger partial charge in [-0.15, -0.1) is 5.10 Å². The van der Waals surface area contributed by atoms with Crippen LogP contribution in [0.5, 0.6) is 5.88 Å². The van der Waals surface area contributed by atoms with Crippen LogP contribution in [0.1, 0.15) is 5.56 Å². The van der Waals surface area contributed by atoms with Crippen LogP contribution < -0.4 is 4.74 Å². The lowest BCUT2D eigenvalue weighted by Crippen LogP contribution is -2.00. The molecule has 0 aliphatic carbocycles. The zero-order valence-corrected chi connectivity index (χ0v) is 11.1. The van der Waals surface area contributed by atoms with Crippen LogP contribution >= 0.6 is 15.9 Å². The fourth-order valence-corrected chi connectivity index (χ4v) is 1.79. The minimum absolute atomic E-state index is 0.0251. The Balaban J connectivity index is 2.24. The number of nitro groups is 1. The third-order valence-electron chi connectivity index (χ3n) is 2.36. The maximum atomic E-state index is 10.8. The van der Waals surface area contributed by atoms with E-state index in [9.17, 15) is 10.1 Å². The molecule has 0 fully saturated rings. The van der Waals surface area contributed by atoms with Crippen molar-refractivity contribution in [2.24, 2.45) is 0 Å². The standard InChI is InChI=1S/C11H10BrN3O3/c1-18-11-10(15(16)17)7-14(13-11)6-8-2-4-9(12)5-3-8/h2-5,7H,6H2,1H3. The Bertz CT molecular complexity index is 565. The Morgan fingerprint density at radius 1 is 1.44 bits per heavy atom. The van der Waals surface area contributed by atoms with Crippen molar-refractivity contribution in [3.63, 3.8) is 0 Å². The van der Waals surface area contributed by atoms with Crippen LogP contribution in [-0.2, 0) is 6.54 Å². The van der Waals surface area contributed by atoms with Crippen LogP contribution in [0.25, 0.3) is 0 Å². The number of rotatable bonds is 4. The van der Waals surface area contributed by atoms with Gasteiger partial charge in [-0.1, -0.05) is 28.1 Å². The summed E-state index contributed by atoms with van der Waals surface area (Å²) in [5, 5.41) is 14.8.